The third kappa shape index (κ3) is 3.46. The maximum Gasteiger partial charge on any atom is 0.412 e. The molecule has 1 amide bonds. The van der Waals surface area contributed by atoms with Crippen molar-refractivity contribution in [2.24, 2.45) is 0 Å². The normalized spacial score (nSPS) is 28.9. The number of hydrogen-bond donors (Lipinski definition) is 1. The lowest BCUT2D eigenvalue weighted by atomic mass is 10.1. The molecule has 1 N–H and O–H groups in total. The van der Waals surface area contributed by atoms with E-state index < -0.39 is 35.6 Å². The predicted molar refractivity (Wildman–Crippen MR) is 76.7 cm³/mol. The number of nitrogens with zero attached hydrogens (tertiary/aromatic N) is 1. The Balaban J connectivity index is 1.56. The lowest BCUT2D eigenvalue weighted by molar-refractivity contribution is -0.769. The number of halogens is 1. The Morgan fingerprint density at radius 2 is 1.91 bits per heavy atom. The van der Waals surface area contributed by atoms with Gasteiger partial charge < -0.3 is 19.0 Å². The van der Waals surface area contributed by atoms with Gasteiger partial charge in [0, 0.05) is 0 Å². The van der Waals surface area contributed by atoms with Crippen molar-refractivity contribution >= 4 is 23.4 Å². The van der Waals surface area contributed by atoms with Crippen LogP contribution < -0.4 is 5.32 Å². The van der Waals surface area contributed by atoms with Crippen molar-refractivity contribution in [2.45, 2.75) is 24.4 Å². The summed E-state index contributed by atoms with van der Waals surface area (Å²) in [6.07, 6.45) is -3.46. The third-order valence-electron chi connectivity index (χ3n) is 3.55. The zero-order valence-electron chi connectivity index (χ0n) is 11.7. The number of fused-ring (bicyclic) bond motifs is 1. The molecule has 10 heteroatoms. The first-order valence-corrected chi connectivity index (χ1v) is 7.19. The number of carbonyl (C=O) groups is 1. The van der Waals surface area contributed by atoms with Crippen LogP contribution in [0, 0.1) is 10.1 Å². The van der Waals surface area contributed by atoms with E-state index in [1.165, 1.54) is 0 Å². The molecule has 1 aromatic rings. The molecule has 2 aliphatic rings. The van der Waals surface area contributed by atoms with Crippen LogP contribution in [0.1, 0.15) is 0 Å². The Kier molecular flexibility index (Phi) is 4.51. The SMILES string of the molecule is O=C(Nc1ccccc1Cl)O[C@H]1CO[C@H]2[C@@H]1OC[C@H]2O[N+](=O)[O-]. The van der Waals surface area contributed by atoms with Gasteiger partial charge >= 0.3 is 6.09 Å². The smallest absolute Gasteiger partial charge is 0.412 e. The predicted octanol–water partition coefficient (Wildman–Crippen LogP) is 1.63. The maximum absolute atomic E-state index is 11.9. The molecule has 0 radical (unpaired) electrons. The molecule has 3 rings (SSSR count). The summed E-state index contributed by atoms with van der Waals surface area (Å²) in [5.41, 5.74) is 0.413. The number of para-hydroxylation sites is 1. The van der Waals surface area contributed by atoms with Crippen LogP contribution >= 0.6 is 11.6 Å². The summed E-state index contributed by atoms with van der Waals surface area (Å²) in [6, 6.07) is 6.71. The molecule has 2 heterocycles. The fraction of sp³-hybridized carbons (Fsp3) is 0.462. The van der Waals surface area contributed by atoms with E-state index in [9.17, 15) is 14.9 Å². The number of hydrogen-bond acceptors (Lipinski definition) is 7. The van der Waals surface area contributed by atoms with Crippen molar-refractivity contribution in [1.29, 1.82) is 0 Å². The summed E-state index contributed by atoms with van der Waals surface area (Å²) in [7, 11) is 0. The van der Waals surface area contributed by atoms with Crippen LogP contribution in [0.3, 0.4) is 0 Å². The molecule has 4 atom stereocenters. The standard InChI is InChI=1S/C13H13ClN2O7/c14-7-3-1-2-4-8(7)15-13(17)22-9-5-20-12-10(23-16(18)19)6-21-11(9)12/h1-4,9-12H,5-6H2,(H,15,17)/t9-,10+,11+,12+/m0/s1. The maximum atomic E-state index is 11.9. The van der Waals surface area contributed by atoms with Crippen LogP contribution in [0.5, 0.6) is 0 Å². The van der Waals surface area contributed by atoms with Gasteiger partial charge in [-0.2, -0.15) is 0 Å². The van der Waals surface area contributed by atoms with Crippen molar-refractivity contribution in [3.05, 3.63) is 39.4 Å². The Bertz CT molecular complexity index is 614. The van der Waals surface area contributed by atoms with E-state index in [0.717, 1.165) is 0 Å². The van der Waals surface area contributed by atoms with Gasteiger partial charge in [-0.1, -0.05) is 23.7 Å². The highest BCUT2D eigenvalue weighted by Crippen LogP contribution is 2.31. The number of carbonyl (C=O) groups excluding carboxylic acids is 1. The summed E-state index contributed by atoms with van der Waals surface area (Å²) < 4.78 is 16.0. The average Bonchev–Trinajstić information content (AvgIpc) is 3.05. The Morgan fingerprint density at radius 3 is 2.61 bits per heavy atom. The van der Waals surface area contributed by atoms with Crippen LogP contribution in [0.4, 0.5) is 10.5 Å². The minimum absolute atomic E-state index is 0.00229. The summed E-state index contributed by atoms with van der Waals surface area (Å²) in [5, 5.41) is 12.4. The molecule has 0 spiro atoms. The van der Waals surface area contributed by atoms with E-state index in [1.54, 1.807) is 24.3 Å². The van der Waals surface area contributed by atoms with Gasteiger partial charge in [0.2, 0.25) is 0 Å². The largest absolute Gasteiger partial charge is 0.441 e. The fourth-order valence-corrected chi connectivity index (χ4v) is 2.75. The van der Waals surface area contributed by atoms with Crippen LogP contribution in [-0.2, 0) is 19.0 Å². The molecule has 2 aliphatic heterocycles. The highest BCUT2D eigenvalue weighted by Gasteiger charge is 2.51. The van der Waals surface area contributed by atoms with Gasteiger partial charge in [-0.15, -0.1) is 10.1 Å². The first-order chi connectivity index (χ1) is 11.0. The molecule has 9 nitrogen and oxygen atoms in total. The molecule has 2 saturated heterocycles. The molecule has 0 aromatic heterocycles. The Morgan fingerprint density at radius 1 is 1.26 bits per heavy atom. The van der Waals surface area contributed by atoms with Gasteiger partial charge in [0.15, 0.2) is 12.2 Å². The number of benzene rings is 1. The van der Waals surface area contributed by atoms with Crippen molar-refractivity contribution < 1.29 is 28.9 Å². The Hall–Kier alpha value is -2.10. The van der Waals surface area contributed by atoms with E-state index in [1.807, 2.05) is 0 Å². The number of rotatable bonds is 4. The quantitative estimate of drug-likeness (QED) is 0.653. The first-order valence-electron chi connectivity index (χ1n) is 6.81. The van der Waals surface area contributed by atoms with Gasteiger partial charge in [-0.25, -0.2) is 4.79 Å². The van der Waals surface area contributed by atoms with E-state index in [-0.39, 0.29) is 13.2 Å². The third-order valence-corrected chi connectivity index (χ3v) is 3.88. The van der Waals surface area contributed by atoms with Gasteiger partial charge in [-0.05, 0) is 12.1 Å². The van der Waals surface area contributed by atoms with E-state index in [0.29, 0.717) is 10.7 Å². The highest BCUT2D eigenvalue weighted by molar-refractivity contribution is 6.33. The summed E-state index contributed by atoms with van der Waals surface area (Å²) >= 11 is 5.94. The van der Waals surface area contributed by atoms with Crippen LogP contribution in [0.2, 0.25) is 5.02 Å². The molecule has 0 saturated carbocycles. The van der Waals surface area contributed by atoms with Crippen LogP contribution in [0.15, 0.2) is 24.3 Å². The number of amides is 1. The minimum Gasteiger partial charge on any atom is -0.441 e. The molecule has 2 fully saturated rings. The molecule has 0 aliphatic carbocycles. The summed E-state index contributed by atoms with van der Waals surface area (Å²) in [4.78, 5) is 26.8. The topological polar surface area (TPSA) is 109 Å². The minimum atomic E-state index is -0.891. The number of ether oxygens (including phenoxy) is 3. The lowest BCUT2D eigenvalue weighted by Crippen LogP contribution is -2.36. The molecule has 124 valence electrons. The van der Waals surface area contributed by atoms with Gasteiger partial charge in [0.1, 0.15) is 12.2 Å². The van der Waals surface area contributed by atoms with Gasteiger partial charge in [0.05, 0.1) is 23.9 Å². The Labute approximate surface area is 135 Å². The van der Waals surface area contributed by atoms with Crippen LogP contribution in [-0.4, -0.2) is 48.8 Å². The molecule has 1 aromatic carbocycles. The van der Waals surface area contributed by atoms with Crippen molar-refractivity contribution in [3.8, 4) is 0 Å². The molecular weight excluding hydrogens is 332 g/mol. The van der Waals surface area contributed by atoms with E-state index >= 15 is 0 Å². The lowest BCUT2D eigenvalue weighted by Gasteiger charge is -2.17. The average molecular weight is 345 g/mol. The monoisotopic (exact) mass is 344 g/mol. The summed E-state index contributed by atoms with van der Waals surface area (Å²) in [5.74, 6) is 0. The number of nitrogens with one attached hydrogen (secondary N) is 1. The zero-order valence-corrected chi connectivity index (χ0v) is 12.5. The second-order valence-corrected chi connectivity index (χ2v) is 5.42. The van der Waals surface area contributed by atoms with Crippen LogP contribution in [0.25, 0.3) is 0 Å². The van der Waals surface area contributed by atoms with E-state index in [4.69, 9.17) is 25.8 Å². The van der Waals surface area contributed by atoms with E-state index in [2.05, 4.69) is 10.2 Å². The molecule has 0 unspecified atom stereocenters. The van der Waals surface area contributed by atoms with Crippen molar-refractivity contribution in [2.75, 3.05) is 18.5 Å². The fourth-order valence-electron chi connectivity index (χ4n) is 2.57. The van der Waals surface area contributed by atoms with Gasteiger partial charge in [0.25, 0.3) is 5.09 Å². The number of anilines is 1. The second-order valence-electron chi connectivity index (χ2n) is 5.01. The molecular formula is C13H13ClN2O7. The zero-order chi connectivity index (χ0) is 16.4. The van der Waals surface area contributed by atoms with Crippen molar-refractivity contribution in [3.63, 3.8) is 0 Å². The molecule has 23 heavy (non-hydrogen) atoms. The second kappa shape index (κ2) is 6.57. The summed E-state index contributed by atoms with van der Waals surface area (Å²) in [6.45, 7) is 0.0746. The van der Waals surface area contributed by atoms with Crippen molar-refractivity contribution in [1.82, 2.24) is 0 Å². The van der Waals surface area contributed by atoms with Gasteiger partial charge in [-0.3, -0.25) is 5.32 Å². The highest BCUT2D eigenvalue weighted by atomic mass is 35.5. The molecule has 0 bridgehead atoms. The first kappa shape index (κ1) is 15.8.